The fourth-order valence-corrected chi connectivity index (χ4v) is 3.12. The zero-order valence-corrected chi connectivity index (χ0v) is 15.0. The molecule has 0 bridgehead atoms. The zero-order chi connectivity index (χ0) is 19.4. The van der Waals surface area contributed by atoms with Crippen LogP contribution >= 0.6 is 0 Å². The molecule has 1 amide bonds. The van der Waals surface area contributed by atoms with Crippen molar-refractivity contribution < 1.29 is 18.0 Å². The number of nitrogens with zero attached hydrogens (tertiary/aromatic N) is 1. The molecule has 0 aliphatic carbocycles. The molecule has 142 valence electrons. The van der Waals surface area contributed by atoms with E-state index in [0.29, 0.717) is 18.5 Å². The van der Waals surface area contributed by atoms with Crippen LogP contribution in [0.25, 0.3) is 10.9 Å². The highest BCUT2D eigenvalue weighted by Crippen LogP contribution is 2.29. The number of nitrogens with one attached hydrogen (secondary N) is 1. The van der Waals surface area contributed by atoms with Crippen molar-refractivity contribution in [3.63, 3.8) is 0 Å². The Morgan fingerprint density at radius 1 is 1.07 bits per heavy atom. The number of hydrogen-bond acceptors (Lipinski definition) is 1. The molecule has 0 atom stereocenters. The molecule has 1 aromatic heterocycles. The number of hydrogen-bond donors (Lipinski definition) is 1. The lowest BCUT2D eigenvalue weighted by Gasteiger charge is -2.17. The first-order valence-electron chi connectivity index (χ1n) is 8.79. The quantitative estimate of drug-likeness (QED) is 0.635. The molecule has 6 heteroatoms. The molecule has 0 fully saturated rings. The number of aromatic amines is 1. The van der Waals surface area contributed by atoms with Crippen molar-refractivity contribution in [1.29, 1.82) is 0 Å². The minimum atomic E-state index is -4.34. The van der Waals surface area contributed by atoms with E-state index in [9.17, 15) is 18.0 Å². The largest absolute Gasteiger partial charge is 0.416 e. The standard InChI is InChI=1S/C21H21F3N2O/c1-26(14-15-9-11-17(12-10-15)21(22,23)24)20(27)8-4-5-16-13-25-19-7-3-2-6-18(16)19/h2-3,6-7,9-13,25H,4-5,8,14H2,1H3. The molecule has 0 aliphatic heterocycles. The first kappa shape index (κ1) is 19.0. The van der Waals surface area contributed by atoms with Gasteiger partial charge in [-0.15, -0.1) is 0 Å². The molecular formula is C21H21F3N2O. The van der Waals surface area contributed by atoms with E-state index in [-0.39, 0.29) is 5.91 Å². The number of aryl methyl sites for hydroxylation is 1. The maximum absolute atomic E-state index is 12.6. The number of benzene rings is 2. The van der Waals surface area contributed by atoms with Crippen LogP contribution in [0.3, 0.4) is 0 Å². The Labute approximate surface area is 155 Å². The average molecular weight is 374 g/mol. The highest BCUT2D eigenvalue weighted by molar-refractivity contribution is 5.83. The van der Waals surface area contributed by atoms with Gasteiger partial charge < -0.3 is 9.88 Å². The van der Waals surface area contributed by atoms with Gasteiger partial charge in [0, 0.05) is 37.1 Å². The summed E-state index contributed by atoms with van der Waals surface area (Å²) in [4.78, 5) is 17.1. The third-order valence-electron chi connectivity index (χ3n) is 4.64. The van der Waals surface area contributed by atoms with Gasteiger partial charge in [0.2, 0.25) is 5.91 Å². The fourth-order valence-electron chi connectivity index (χ4n) is 3.12. The normalized spacial score (nSPS) is 11.7. The van der Waals surface area contributed by atoms with E-state index >= 15 is 0 Å². The van der Waals surface area contributed by atoms with Crippen molar-refractivity contribution in [2.75, 3.05) is 7.05 Å². The Morgan fingerprint density at radius 2 is 1.78 bits per heavy atom. The number of fused-ring (bicyclic) bond motifs is 1. The summed E-state index contributed by atoms with van der Waals surface area (Å²) in [5.41, 5.74) is 2.26. The monoisotopic (exact) mass is 374 g/mol. The molecule has 1 N–H and O–H groups in total. The third-order valence-corrected chi connectivity index (χ3v) is 4.64. The Balaban J connectivity index is 1.50. The molecule has 0 aliphatic rings. The van der Waals surface area contributed by atoms with Gasteiger partial charge in [0.1, 0.15) is 0 Å². The molecule has 2 aromatic carbocycles. The van der Waals surface area contributed by atoms with Crippen LogP contribution in [0.5, 0.6) is 0 Å². The van der Waals surface area contributed by atoms with Crippen LogP contribution in [-0.2, 0) is 23.9 Å². The lowest BCUT2D eigenvalue weighted by Crippen LogP contribution is -2.26. The molecule has 0 spiro atoms. The Bertz CT molecular complexity index is 913. The summed E-state index contributed by atoms with van der Waals surface area (Å²) in [6.45, 7) is 0.296. The minimum absolute atomic E-state index is 0.0188. The second kappa shape index (κ2) is 7.86. The van der Waals surface area contributed by atoms with Gasteiger partial charge in [-0.3, -0.25) is 4.79 Å². The van der Waals surface area contributed by atoms with Crippen molar-refractivity contribution >= 4 is 16.8 Å². The first-order valence-corrected chi connectivity index (χ1v) is 8.79. The summed E-state index contributed by atoms with van der Waals surface area (Å²) in [6.07, 6.45) is -0.456. The molecule has 3 rings (SSSR count). The van der Waals surface area contributed by atoms with Crippen molar-refractivity contribution in [3.8, 4) is 0 Å². The zero-order valence-electron chi connectivity index (χ0n) is 15.0. The maximum Gasteiger partial charge on any atom is 0.416 e. The summed E-state index contributed by atoms with van der Waals surface area (Å²) in [7, 11) is 1.67. The van der Waals surface area contributed by atoms with Crippen molar-refractivity contribution in [2.45, 2.75) is 32.0 Å². The second-order valence-corrected chi connectivity index (χ2v) is 6.66. The Hall–Kier alpha value is -2.76. The van der Waals surface area contributed by atoms with Gasteiger partial charge in [0.05, 0.1) is 5.56 Å². The smallest absolute Gasteiger partial charge is 0.361 e. The van der Waals surface area contributed by atoms with Gasteiger partial charge in [-0.05, 0) is 42.2 Å². The topological polar surface area (TPSA) is 36.1 Å². The third kappa shape index (κ3) is 4.70. The highest BCUT2D eigenvalue weighted by atomic mass is 19.4. The SMILES string of the molecule is CN(Cc1ccc(C(F)(F)F)cc1)C(=O)CCCc1c[nH]c2ccccc12. The summed E-state index contributed by atoms with van der Waals surface area (Å²) in [5, 5.41) is 1.17. The predicted octanol–water partition coefficient (Wildman–Crippen LogP) is 5.17. The van der Waals surface area contributed by atoms with Crippen LogP contribution in [0.2, 0.25) is 0 Å². The average Bonchev–Trinajstić information content (AvgIpc) is 3.04. The first-order chi connectivity index (χ1) is 12.8. The van der Waals surface area contributed by atoms with E-state index in [1.165, 1.54) is 23.1 Å². The maximum atomic E-state index is 12.6. The lowest BCUT2D eigenvalue weighted by atomic mass is 10.1. The number of carbonyl (C=O) groups excluding carboxylic acids is 1. The van der Waals surface area contributed by atoms with Gasteiger partial charge in [0.15, 0.2) is 0 Å². The molecular weight excluding hydrogens is 353 g/mol. The van der Waals surface area contributed by atoms with E-state index in [0.717, 1.165) is 30.5 Å². The predicted molar refractivity (Wildman–Crippen MR) is 99.2 cm³/mol. The molecule has 0 unspecified atom stereocenters. The molecule has 1 heterocycles. The van der Waals surface area contributed by atoms with Crippen LogP contribution in [0.15, 0.2) is 54.7 Å². The minimum Gasteiger partial charge on any atom is -0.361 e. The van der Waals surface area contributed by atoms with Crippen LogP contribution in [0.4, 0.5) is 13.2 Å². The summed E-state index contributed by atoms with van der Waals surface area (Å²) in [5.74, 6) is -0.0188. The van der Waals surface area contributed by atoms with E-state index < -0.39 is 11.7 Å². The highest BCUT2D eigenvalue weighted by Gasteiger charge is 2.29. The molecule has 0 radical (unpaired) electrons. The molecule has 3 aromatic rings. The number of amides is 1. The van der Waals surface area contributed by atoms with Crippen molar-refractivity contribution in [1.82, 2.24) is 9.88 Å². The number of para-hydroxylation sites is 1. The number of carbonyl (C=O) groups is 1. The number of rotatable bonds is 6. The van der Waals surface area contributed by atoms with E-state index in [1.807, 2.05) is 24.4 Å². The van der Waals surface area contributed by atoms with Crippen LogP contribution in [0, 0.1) is 0 Å². The number of halogens is 3. The lowest BCUT2D eigenvalue weighted by molar-refractivity contribution is -0.137. The Morgan fingerprint density at radius 3 is 2.48 bits per heavy atom. The molecule has 3 nitrogen and oxygen atoms in total. The van der Waals surface area contributed by atoms with Crippen LogP contribution in [0.1, 0.15) is 29.5 Å². The van der Waals surface area contributed by atoms with Crippen LogP contribution < -0.4 is 0 Å². The number of H-pyrrole nitrogens is 1. The van der Waals surface area contributed by atoms with Gasteiger partial charge >= 0.3 is 6.18 Å². The molecule has 0 saturated carbocycles. The van der Waals surface area contributed by atoms with Crippen molar-refractivity contribution in [3.05, 3.63) is 71.4 Å². The van der Waals surface area contributed by atoms with Crippen molar-refractivity contribution in [2.24, 2.45) is 0 Å². The summed E-state index contributed by atoms with van der Waals surface area (Å²) < 4.78 is 37.8. The van der Waals surface area contributed by atoms with Gasteiger partial charge in [-0.1, -0.05) is 30.3 Å². The fraction of sp³-hybridized carbons (Fsp3) is 0.286. The Kier molecular flexibility index (Phi) is 5.54. The van der Waals surface area contributed by atoms with Crippen LogP contribution in [-0.4, -0.2) is 22.8 Å². The van der Waals surface area contributed by atoms with Gasteiger partial charge in [0.25, 0.3) is 0 Å². The van der Waals surface area contributed by atoms with Gasteiger partial charge in [-0.2, -0.15) is 13.2 Å². The number of alkyl halides is 3. The summed E-state index contributed by atoms with van der Waals surface area (Å²) in [6, 6.07) is 13.0. The van der Waals surface area contributed by atoms with E-state index in [2.05, 4.69) is 11.1 Å². The second-order valence-electron chi connectivity index (χ2n) is 6.66. The summed E-state index contributed by atoms with van der Waals surface area (Å²) >= 11 is 0. The molecule has 0 saturated heterocycles. The van der Waals surface area contributed by atoms with Gasteiger partial charge in [-0.25, -0.2) is 0 Å². The van der Waals surface area contributed by atoms with E-state index in [4.69, 9.17) is 0 Å². The van der Waals surface area contributed by atoms with E-state index in [1.54, 1.807) is 11.9 Å². The number of aromatic nitrogens is 1. The molecule has 27 heavy (non-hydrogen) atoms.